The van der Waals surface area contributed by atoms with Gasteiger partial charge in [-0.1, -0.05) is 0 Å². The molecule has 1 heterocycles. The molecule has 0 unspecified atom stereocenters. The number of nitrogens with one attached hydrogen (secondary N) is 2. The molecule has 0 saturated heterocycles. The van der Waals surface area contributed by atoms with Gasteiger partial charge < -0.3 is 29.3 Å². The zero-order valence-corrected chi connectivity index (χ0v) is 17.0. The summed E-state index contributed by atoms with van der Waals surface area (Å²) in [5, 5.41) is 6.67. The molecule has 0 aliphatic heterocycles. The molecule has 7 nitrogen and oxygen atoms in total. The van der Waals surface area contributed by atoms with Gasteiger partial charge in [0.15, 0.2) is 17.5 Å². The highest BCUT2D eigenvalue weighted by Gasteiger charge is 2.07. The summed E-state index contributed by atoms with van der Waals surface area (Å²) in [6.45, 7) is 7.33. The van der Waals surface area contributed by atoms with Gasteiger partial charge in [-0.2, -0.15) is 0 Å². The van der Waals surface area contributed by atoms with E-state index in [1.807, 2.05) is 44.2 Å². The van der Waals surface area contributed by atoms with Crippen LogP contribution in [0.1, 0.15) is 26.0 Å². The van der Waals surface area contributed by atoms with E-state index in [2.05, 4.69) is 15.6 Å². The molecular formula is C21H31N3O4. The molecule has 0 radical (unpaired) electrons. The van der Waals surface area contributed by atoms with Crippen LogP contribution in [0.4, 0.5) is 5.69 Å². The van der Waals surface area contributed by atoms with Crippen molar-refractivity contribution in [2.24, 2.45) is 4.99 Å². The van der Waals surface area contributed by atoms with E-state index in [0.29, 0.717) is 38.0 Å². The largest absolute Gasteiger partial charge is 0.493 e. The van der Waals surface area contributed by atoms with Crippen molar-refractivity contribution in [1.29, 1.82) is 0 Å². The standard InChI is InChI=1S/C21H31N3O4/c1-4-26-14-7-12-22-21(23-13-11-18-8-6-15-28-18)24-17-9-10-19(27-5-2)20(16-17)25-3/h6,8-10,15-16H,4-5,7,11-14H2,1-3H3,(H2,22,23,24). The fourth-order valence-electron chi connectivity index (χ4n) is 2.56. The zero-order valence-electron chi connectivity index (χ0n) is 17.0. The average Bonchev–Trinajstić information content (AvgIpc) is 3.22. The molecule has 0 aliphatic carbocycles. The Balaban J connectivity index is 1.99. The van der Waals surface area contributed by atoms with Crippen molar-refractivity contribution < 1.29 is 18.6 Å². The highest BCUT2D eigenvalue weighted by atomic mass is 16.5. The minimum atomic E-state index is 0.587. The smallest absolute Gasteiger partial charge is 0.195 e. The number of rotatable bonds is 12. The molecule has 0 fully saturated rings. The number of benzene rings is 1. The molecule has 0 bridgehead atoms. The van der Waals surface area contributed by atoms with Crippen LogP contribution in [0.15, 0.2) is 46.0 Å². The molecule has 2 N–H and O–H groups in total. The van der Waals surface area contributed by atoms with Crippen molar-refractivity contribution in [3.63, 3.8) is 0 Å². The Hall–Kier alpha value is -2.67. The Kier molecular flexibility index (Phi) is 9.79. The lowest BCUT2D eigenvalue weighted by atomic mass is 10.2. The monoisotopic (exact) mass is 389 g/mol. The quantitative estimate of drug-likeness (QED) is 0.327. The number of hydrogen-bond donors (Lipinski definition) is 2. The predicted octanol–water partition coefficient (Wildman–Crippen LogP) is 3.71. The molecular weight excluding hydrogens is 358 g/mol. The Morgan fingerprint density at radius 1 is 1.14 bits per heavy atom. The van der Waals surface area contributed by atoms with E-state index < -0.39 is 0 Å². The molecule has 0 saturated carbocycles. The zero-order chi connectivity index (χ0) is 20.0. The average molecular weight is 389 g/mol. The van der Waals surface area contributed by atoms with Crippen LogP contribution in [-0.2, 0) is 11.2 Å². The number of furan rings is 1. The first-order valence-electron chi connectivity index (χ1n) is 9.73. The third-order valence-corrected chi connectivity index (χ3v) is 3.89. The van der Waals surface area contributed by atoms with Gasteiger partial charge in [-0.15, -0.1) is 0 Å². The maximum absolute atomic E-state index is 5.57. The van der Waals surface area contributed by atoms with E-state index in [-0.39, 0.29) is 0 Å². The van der Waals surface area contributed by atoms with Gasteiger partial charge in [-0.3, -0.25) is 4.99 Å². The maximum atomic E-state index is 5.57. The summed E-state index contributed by atoms with van der Waals surface area (Å²) in [6, 6.07) is 9.58. The molecule has 7 heteroatoms. The molecule has 0 aliphatic rings. The summed E-state index contributed by atoms with van der Waals surface area (Å²) in [5.41, 5.74) is 0.870. The van der Waals surface area contributed by atoms with E-state index in [9.17, 15) is 0 Å². The minimum absolute atomic E-state index is 0.587. The normalized spacial score (nSPS) is 11.3. The van der Waals surface area contributed by atoms with Crippen molar-refractivity contribution in [2.75, 3.05) is 45.3 Å². The molecule has 0 spiro atoms. The molecule has 0 atom stereocenters. The summed E-state index contributed by atoms with van der Waals surface area (Å²) in [7, 11) is 1.63. The lowest BCUT2D eigenvalue weighted by Crippen LogP contribution is -2.32. The summed E-state index contributed by atoms with van der Waals surface area (Å²) in [6.07, 6.45) is 3.33. The van der Waals surface area contributed by atoms with Crippen molar-refractivity contribution >= 4 is 11.6 Å². The van der Waals surface area contributed by atoms with E-state index in [1.165, 1.54) is 0 Å². The Morgan fingerprint density at radius 3 is 2.75 bits per heavy atom. The van der Waals surface area contributed by atoms with E-state index in [4.69, 9.17) is 18.6 Å². The molecule has 28 heavy (non-hydrogen) atoms. The first-order valence-corrected chi connectivity index (χ1v) is 9.73. The van der Waals surface area contributed by atoms with Gasteiger partial charge in [0.1, 0.15) is 5.76 Å². The van der Waals surface area contributed by atoms with Crippen molar-refractivity contribution in [3.05, 3.63) is 42.4 Å². The molecule has 154 valence electrons. The summed E-state index contributed by atoms with van der Waals surface area (Å²) in [5.74, 6) is 3.04. The number of aliphatic imine (C=N–C) groups is 1. The summed E-state index contributed by atoms with van der Waals surface area (Å²) >= 11 is 0. The summed E-state index contributed by atoms with van der Waals surface area (Å²) < 4.78 is 21.8. The van der Waals surface area contributed by atoms with Gasteiger partial charge in [0, 0.05) is 44.5 Å². The third-order valence-electron chi connectivity index (χ3n) is 3.89. The first kappa shape index (κ1) is 21.6. The fourth-order valence-corrected chi connectivity index (χ4v) is 2.56. The first-order chi connectivity index (χ1) is 13.8. The van der Waals surface area contributed by atoms with Crippen LogP contribution in [0.2, 0.25) is 0 Å². The van der Waals surface area contributed by atoms with Gasteiger partial charge in [0.05, 0.1) is 20.0 Å². The number of methoxy groups -OCH3 is 1. The van der Waals surface area contributed by atoms with E-state index in [1.54, 1.807) is 13.4 Å². The van der Waals surface area contributed by atoms with Gasteiger partial charge in [0.2, 0.25) is 0 Å². The molecule has 1 aromatic carbocycles. The van der Waals surface area contributed by atoms with Crippen LogP contribution in [0, 0.1) is 0 Å². The van der Waals surface area contributed by atoms with Gasteiger partial charge in [-0.05, 0) is 44.5 Å². The van der Waals surface area contributed by atoms with Crippen molar-refractivity contribution in [3.8, 4) is 11.5 Å². The number of nitrogens with zero attached hydrogens (tertiary/aromatic N) is 1. The SMILES string of the molecule is CCOCCCN=C(NCCc1ccco1)Nc1ccc(OCC)c(OC)c1. The molecule has 2 rings (SSSR count). The second-order valence-corrected chi connectivity index (χ2v) is 5.96. The van der Waals surface area contributed by atoms with Crippen molar-refractivity contribution in [1.82, 2.24) is 5.32 Å². The number of guanidine groups is 1. The topological polar surface area (TPSA) is 77.2 Å². The fraction of sp³-hybridized carbons (Fsp3) is 0.476. The Bertz CT molecular complexity index is 702. The minimum Gasteiger partial charge on any atom is -0.493 e. The molecule has 2 aromatic rings. The van der Waals surface area contributed by atoms with E-state index in [0.717, 1.165) is 36.6 Å². The van der Waals surface area contributed by atoms with Crippen molar-refractivity contribution in [2.45, 2.75) is 26.7 Å². The van der Waals surface area contributed by atoms with Crippen LogP contribution in [0.3, 0.4) is 0 Å². The van der Waals surface area contributed by atoms with Gasteiger partial charge in [-0.25, -0.2) is 0 Å². The second-order valence-electron chi connectivity index (χ2n) is 5.96. The molecule has 1 aromatic heterocycles. The number of anilines is 1. The lowest BCUT2D eigenvalue weighted by molar-refractivity contribution is 0.146. The van der Waals surface area contributed by atoms with Gasteiger partial charge >= 0.3 is 0 Å². The Labute approximate surface area is 167 Å². The van der Waals surface area contributed by atoms with Crippen LogP contribution >= 0.6 is 0 Å². The Morgan fingerprint density at radius 2 is 2.04 bits per heavy atom. The lowest BCUT2D eigenvalue weighted by Gasteiger charge is -2.15. The highest BCUT2D eigenvalue weighted by molar-refractivity contribution is 5.93. The van der Waals surface area contributed by atoms with Crippen LogP contribution < -0.4 is 20.1 Å². The molecule has 0 amide bonds. The summed E-state index contributed by atoms with van der Waals surface area (Å²) in [4.78, 5) is 4.64. The predicted molar refractivity (Wildman–Crippen MR) is 112 cm³/mol. The van der Waals surface area contributed by atoms with Gasteiger partial charge in [0.25, 0.3) is 0 Å². The van der Waals surface area contributed by atoms with E-state index >= 15 is 0 Å². The van der Waals surface area contributed by atoms with Crippen LogP contribution in [0.5, 0.6) is 11.5 Å². The van der Waals surface area contributed by atoms with Crippen LogP contribution in [-0.4, -0.2) is 46.0 Å². The number of hydrogen-bond acceptors (Lipinski definition) is 5. The number of ether oxygens (including phenoxy) is 3. The third kappa shape index (κ3) is 7.52. The highest BCUT2D eigenvalue weighted by Crippen LogP contribution is 2.30. The second kappa shape index (κ2) is 12.7. The van der Waals surface area contributed by atoms with Crippen LogP contribution in [0.25, 0.3) is 0 Å². The maximum Gasteiger partial charge on any atom is 0.195 e.